The van der Waals surface area contributed by atoms with Gasteiger partial charge in [-0.25, -0.2) is 9.18 Å². The van der Waals surface area contributed by atoms with Crippen molar-refractivity contribution in [1.82, 2.24) is 5.32 Å². The van der Waals surface area contributed by atoms with Gasteiger partial charge in [0.15, 0.2) is 0 Å². The van der Waals surface area contributed by atoms with Gasteiger partial charge >= 0.3 is 6.03 Å². The molecular weight excluding hydrogens is 271 g/mol. The van der Waals surface area contributed by atoms with Gasteiger partial charge in [-0.05, 0) is 50.2 Å². The molecule has 0 spiro atoms. The van der Waals surface area contributed by atoms with E-state index in [1.807, 2.05) is 0 Å². The lowest BCUT2D eigenvalue weighted by Crippen LogP contribution is -2.46. The zero-order chi connectivity index (χ0) is 15.0. The van der Waals surface area contributed by atoms with Gasteiger partial charge in [-0.3, -0.25) is 0 Å². The number of aliphatic hydroxyl groups excluding tert-OH is 1. The number of rotatable bonds is 3. The SMILES string of the molecule is Cc1c(F)cccc1NC(=O)NC1C2CCC(C2)C1CO. The molecule has 0 aromatic heterocycles. The van der Waals surface area contributed by atoms with Crippen LogP contribution in [0, 0.1) is 30.5 Å². The lowest BCUT2D eigenvalue weighted by Gasteiger charge is -2.30. The van der Waals surface area contributed by atoms with Crippen molar-refractivity contribution in [3.05, 3.63) is 29.6 Å². The monoisotopic (exact) mass is 292 g/mol. The smallest absolute Gasteiger partial charge is 0.319 e. The summed E-state index contributed by atoms with van der Waals surface area (Å²) in [6.07, 6.45) is 3.36. The molecule has 2 aliphatic rings. The van der Waals surface area contributed by atoms with Crippen molar-refractivity contribution in [3.8, 4) is 0 Å². The minimum atomic E-state index is -0.332. The molecular formula is C16H21FN2O2. The fourth-order valence-electron chi connectivity index (χ4n) is 3.95. The van der Waals surface area contributed by atoms with E-state index >= 15 is 0 Å². The van der Waals surface area contributed by atoms with Crippen molar-refractivity contribution in [2.45, 2.75) is 32.2 Å². The Morgan fingerprint density at radius 2 is 2.14 bits per heavy atom. The number of halogens is 1. The largest absolute Gasteiger partial charge is 0.396 e. The first-order chi connectivity index (χ1) is 10.1. The summed E-state index contributed by atoms with van der Waals surface area (Å²) in [4.78, 5) is 12.1. The minimum absolute atomic E-state index is 0.0302. The van der Waals surface area contributed by atoms with E-state index in [-0.39, 0.29) is 30.4 Å². The van der Waals surface area contributed by atoms with Gasteiger partial charge in [-0.15, -0.1) is 0 Å². The van der Waals surface area contributed by atoms with E-state index < -0.39 is 0 Å². The third-order valence-electron chi connectivity index (χ3n) is 5.11. The molecule has 2 bridgehead atoms. The molecule has 114 valence electrons. The van der Waals surface area contributed by atoms with E-state index in [0.717, 1.165) is 19.3 Å². The van der Waals surface area contributed by atoms with E-state index in [9.17, 15) is 14.3 Å². The molecule has 4 nitrogen and oxygen atoms in total. The lowest BCUT2D eigenvalue weighted by atomic mass is 9.85. The summed E-state index contributed by atoms with van der Waals surface area (Å²) >= 11 is 0. The lowest BCUT2D eigenvalue weighted by molar-refractivity contribution is 0.146. The molecule has 21 heavy (non-hydrogen) atoms. The maximum Gasteiger partial charge on any atom is 0.319 e. The molecule has 5 heteroatoms. The highest BCUT2D eigenvalue weighted by Gasteiger charge is 2.47. The summed E-state index contributed by atoms with van der Waals surface area (Å²) in [5.41, 5.74) is 0.913. The number of nitrogens with one attached hydrogen (secondary N) is 2. The van der Waals surface area contributed by atoms with Gasteiger partial charge in [-0.1, -0.05) is 6.07 Å². The second kappa shape index (κ2) is 5.64. The van der Waals surface area contributed by atoms with E-state index in [0.29, 0.717) is 23.1 Å². The summed E-state index contributed by atoms with van der Waals surface area (Å²) in [6, 6.07) is 4.34. The number of carbonyl (C=O) groups excluding carboxylic acids is 1. The Balaban J connectivity index is 1.65. The van der Waals surface area contributed by atoms with Crippen LogP contribution in [0.1, 0.15) is 24.8 Å². The highest BCUT2D eigenvalue weighted by atomic mass is 19.1. The average molecular weight is 292 g/mol. The van der Waals surface area contributed by atoms with Crippen LogP contribution in [0.5, 0.6) is 0 Å². The second-order valence-corrected chi connectivity index (χ2v) is 6.22. The topological polar surface area (TPSA) is 61.4 Å². The number of fused-ring (bicyclic) bond motifs is 2. The van der Waals surface area contributed by atoms with Crippen LogP contribution >= 0.6 is 0 Å². The van der Waals surface area contributed by atoms with Crippen LogP contribution in [-0.4, -0.2) is 23.8 Å². The first-order valence-electron chi connectivity index (χ1n) is 7.53. The molecule has 3 rings (SSSR count). The third-order valence-corrected chi connectivity index (χ3v) is 5.11. The van der Waals surface area contributed by atoms with Crippen molar-refractivity contribution in [2.75, 3.05) is 11.9 Å². The quantitative estimate of drug-likeness (QED) is 0.802. The van der Waals surface area contributed by atoms with Gasteiger partial charge in [-0.2, -0.15) is 0 Å². The van der Waals surface area contributed by atoms with Gasteiger partial charge in [0.05, 0.1) is 0 Å². The molecule has 3 N–H and O–H groups in total. The van der Waals surface area contributed by atoms with Gasteiger partial charge in [0.25, 0.3) is 0 Å². The Kier molecular flexibility index (Phi) is 3.85. The maximum atomic E-state index is 13.5. The Hall–Kier alpha value is -1.62. The molecule has 4 unspecified atom stereocenters. The van der Waals surface area contributed by atoms with Crippen LogP contribution in [-0.2, 0) is 0 Å². The van der Waals surface area contributed by atoms with Crippen LogP contribution in [0.3, 0.4) is 0 Å². The van der Waals surface area contributed by atoms with Crippen molar-refractivity contribution < 1.29 is 14.3 Å². The normalized spacial score (nSPS) is 30.4. The Labute approximate surface area is 123 Å². The van der Waals surface area contributed by atoms with Crippen LogP contribution in [0.15, 0.2) is 18.2 Å². The number of amides is 2. The number of urea groups is 1. The first-order valence-corrected chi connectivity index (χ1v) is 7.53. The fourth-order valence-corrected chi connectivity index (χ4v) is 3.95. The van der Waals surface area contributed by atoms with Crippen molar-refractivity contribution in [2.24, 2.45) is 17.8 Å². The van der Waals surface area contributed by atoms with E-state index in [1.54, 1.807) is 19.1 Å². The molecule has 0 radical (unpaired) electrons. The number of hydrogen-bond donors (Lipinski definition) is 3. The second-order valence-electron chi connectivity index (χ2n) is 6.22. The Morgan fingerprint density at radius 1 is 1.38 bits per heavy atom. The predicted molar refractivity (Wildman–Crippen MR) is 78.5 cm³/mol. The van der Waals surface area contributed by atoms with E-state index in [1.165, 1.54) is 6.07 Å². The molecule has 0 heterocycles. The van der Waals surface area contributed by atoms with Gasteiger partial charge in [0.2, 0.25) is 0 Å². The Morgan fingerprint density at radius 3 is 2.90 bits per heavy atom. The molecule has 1 aromatic carbocycles. The van der Waals surface area contributed by atoms with Crippen molar-refractivity contribution in [1.29, 1.82) is 0 Å². The highest BCUT2D eigenvalue weighted by Crippen LogP contribution is 2.48. The predicted octanol–water partition coefficient (Wildman–Crippen LogP) is 2.66. The number of hydrogen-bond acceptors (Lipinski definition) is 2. The number of benzene rings is 1. The Bertz CT molecular complexity index is 549. The molecule has 2 saturated carbocycles. The number of anilines is 1. The zero-order valence-corrected chi connectivity index (χ0v) is 12.1. The van der Waals surface area contributed by atoms with Gasteiger partial charge < -0.3 is 15.7 Å². The molecule has 4 atom stereocenters. The van der Waals surface area contributed by atoms with Gasteiger partial charge in [0.1, 0.15) is 5.82 Å². The van der Waals surface area contributed by atoms with Crippen molar-refractivity contribution >= 4 is 11.7 Å². The molecule has 0 aliphatic heterocycles. The van der Waals surface area contributed by atoms with Crippen LogP contribution in [0.2, 0.25) is 0 Å². The molecule has 2 amide bonds. The molecule has 0 saturated heterocycles. The van der Waals surface area contributed by atoms with Crippen LogP contribution in [0.25, 0.3) is 0 Å². The maximum absolute atomic E-state index is 13.5. The zero-order valence-electron chi connectivity index (χ0n) is 12.1. The molecule has 2 fully saturated rings. The summed E-state index contributed by atoms with van der Waals surface area (Å²) in [6.45, 7) is 1.75. The van der Waals surface area contributed by atoms with E-state index in [4.69, 9.17) is 0 Å². The fraction of sp³-hybridized carbons (Fsp3) is 0.562. The molecule has 1 aromatic rings. The number of aliphatic hydroxyl groups is 1. The van der Waals surface area contributed by atoms with Gasteiger partial charge in [0, 0.05) is 29.8 Å². The first kappa shape index (κ1) is 14.3. The van der Waals surface area contributed by atoms with Crippen LogP contribution < -0.4 is 10.6 Å². The summed E-state index contributed by atoms with van der Waals surface area (Å²) in [5.74, 6) is 0.816. The highest BCUT2D eigenvalue weighted by molar-refractivity contribution is 5.90. The summed E-state index contributed by atoms with van der Waals surface area (Å²) in [5, 5.41) is 15.2. The molecule has 2 aliphatic carbocycles. The minimum Gasteiger partial charge on any atom is -0.396 e. The van der Waals surface area contributed by atoms with E-state index in [2.05, 4.69) is 10.6 Å². The number of carbonyl (C=O) groups is 1. The van der Waals surface area contributed by atoms with Crippen molar-refractivity contribution in [3.63, 3.8) is 0 Å². The summed E-state index contributed by atoms with van der Waals surface area (Å²) in [7, 11) is 0. The standard InChI is InChI=1S/C16H21FN2O2/c1-9-13(17)3-2-4-14(9)18-16(21)19-15-11-6-5-10(7-11)12(15)8-20/h2-4,10-12,15,20H,5-8H2,1H3,(H2,18,19,21). The third kappa shape index (κ3) is 2.62. The summed E-state index contributed by atoms with van der Waals surface area (Å²) < 4.78 is 13.5. The van der Waals surface area contributed by atoms with Crippen LogP contribution in [0.4, 0.5) is 14.9 Å². The average Bonchev–Trinajstić information content (AvgIpc) is 3.05.